The van der Waals surface area contributed by atoms with E-state index in [4.69, 9.17) is 18.9 Å². The lowest BCUT2D eigenvalue weighted by Crippen LogP contribution is -2.65. The molecule has 0 radical (unpaired) electrons. The van der Waals surface area contributed by atoms with E-state index in [0.29, 0.717) is 5.69 Å². The van der Waals surface area contributed by atoms with Crippen LogP contribution in [0.1, 0.15) is 25.0 Å². The maximum absolute atomic E-state index is 14.5. The molecular formula is C28H28N2O9. The number of amides is 1. The second-order valence-corrected chi connectivity index (χ2v) is 8.69. The number of para-hydroxylation sites is 1. The van der Waals surface area contributed by atoms with Crippen molar-refractivity contribution < 1.29 is 42.9 Å². The van der Waals surface area contributed by atoms with Gasteiger partial charge in [0.05, 0.1) is 50.8 Å². The molecule has 2 aliphatic rings. The van der Waals surface area contributed by atoms with Crippen molar-refractivity contribution >= 4 is 35.5 Å². The van der Waals surface area contributed by atoms with Gasteiger partial charge in [-0.3, -0.25) is 10.1 Å². The third-order valence-corrected chi connectivity index (χ3v) is 6.67. The van der Waals surface area contributed by atoms with Gasteiger partial charge in [-0.15, -0.1) is 0 Å². The molecule has 11 nitrogen and oxygen atoms in total. The van der Waals surface area contributed by atoms with E-state index in [1.807, 2.05) is 30.3 Å². The molecule has 2 aromatic carbocycles. The molecule has 204 valence electrons. The molecule has 0 aliphatic carbocycles. The summed E-state index contributed by atoms with van der Waals surface area (Å²) in [5, 5.41) is 2.79. The van der Waals surface area contributed by atoms with Crippen LogP contribution >= 0.6 is 0 Å². The lowest BCUT2D eigenvalue weighted by Gasteiger charge is -2.32. The highest BCUT2D eigenvalue weighted by Crippen LogP contribution is 2.53. The fraction of sp³-hybridized carbons (Fsp3) is 0.321. The second kappa shape index (κ2) is 10.7. The predicted molar refractivity (Wildman–Crippen MR) is 136 cm³/mol. The predicted octanol–water partition coefficient (Wildman–Crippen LogP) is 1.54. The van der Waals surface area contributed by atoms with Crippen LogP contribution in [0.25, 0.3) is 0 Å². The molecule has 1 spiro atoms. The number of hydrogen-bond donors (Lipinski definition) is 1. The number of carbonyl (C=O) groups excluding carboxylic acids is 5. The van der Waals surface area contributed by atoms with Gasteiger partial charge >= 0.3 is 23.9 Å². The van der Waals surface area contributed by atoms with Crippen molar-refractivity contribution in [1.82, 2.24) is 5.32 Å². The number of esters is 4. The summed E-state index contributed by atoms with van der Waals surface area (Å²) in [5.74, 6) is -5.54. The molecule has 0 aromatic heterocycles. The van der Waals surface area contributed by atoms with E-state index < -0.39 is 52.0 Å². The fourth-order valence-electron chi connectivity index (χ4n) is 5.10. The highest BCUT2D eigenvalue weighted by atomic mass is 16.6. The number of carbonyl (C=O) groups is 5. The van der Waals surface area contributed by atoms with Crippen molar-refractivity contribution in [3.05, 3.63) is 76.9 Å². The number of fused-ring (bicyclic) bond motifs is 2. The monoisotopic (exact) mass is 536 g/mol. The Morgan fingerprint density at radius 2 is 1.33 bits per heavy atom. The summed E-state index contributed by atoms with van der Waals surface area (Å²) in [6.07, 6.45) is 0. The van der Waals surface area contributed by atoms with Crippen molar-refractivity contribution in [3.63, 3.8) is 0 Å². The Kier molecular flexibility index (Phi) is 7.55. The first-order valence-electron chi connectivity index (χ1n) is 12.3. The number of anilines is 1. The lowest BCUT2D eigenvalue weighted by atomic mass is 9.83. The third-order valence-electron chi connectivity index (χ3n) is 6.67. The Hall–Kier alpha value is -4.51. The van der Waals surface area contributed by atoms with Crippen LogP contribution in [0.2, 0.25) is 0 Å². The van der Waals surface area contributed by atoms with Gasteiger partial charge < -0.3 is 23.8 Å². The Morgan fingerprint density at radius 3 is 1.90 bits per heavy atom. The van der Waals surface area contributed by atoms with Gasteiger partial charge in [0.1, 0.15) is 0 Å². The van der Waals surface area contributed by atoms with Crippen molar-refractivity contribution in [3.8, 4) is 0 Å². The number of nitrogens with zero attached hydrogens (tertiary/aromatic N) is 1. The van der Waals surface area contributed by atoms with E-state index in [9.17, 15) is 24.0 Å². The zero-order valence-electron chi connectivity index (χ0n) is 21.9. The van der Waals surface area contributed by atoms with Crippen LogP contribution < -0.4 is 10.2 Å². The molecule has 0 fully saturated rings. The average molecular weight is 537 g/mol. The Morgan fingerprint density at radius 1 is 0.795 bits per heavy atom. The summed E-state index contributed by atoms with van der Waals surface area (Å²) in [6.45, 7) is 2.74. The van der Waals surface area contributed by atoms with Crippen LogP contribution in [0.15, 0.2) is 65.7 Å². The minimum Gasteiger partial charge on any atom is -0.466 e. The second-order valence-electron chi connectivity index (χ2n) is 8.69. The van der Waals surface area contributed by atoms with Gasteiger partial charge in [-0.2, -0.15) is 0 Å². The minimum absolute atomic E-state index is 0.0912. The van der Waals surface area contributed by atoms with Crippen LogP contribution in [-0.4, -0.2) is 62.8 Å². The van der Waals surface area contributed by atoms with Gasteiger partial charge in [0.25, 0.3) is 5.91 Å². The van der Waals surface area contributed by atoms with Gasteiger partial charge in [0.15, 0.2) is 5.54 Å². The van der Waals surface area contributed by atoms with Gasteiger partial charge in [0.2, 0.25) is 5.54 Å². The Bertz CT molecular complexity index is 1350. The normalized spacial score (nSPS) is 19.1. The van der Waals surface area contributed by atoms with Crippen molar-refractivity contribution in [2.45, 2.75) is 31.5 Å². The highest BCUT2D eigenvalue weighted by Gasteiger charge is 2.73. The first kappa shape index (κ1) is 27.5. The van der Waals surface area contributed by atoms with E-state index in [1.54, 1.807) is 24.3 Å². The summed E-state index contributed by atoms with van der Waals surface area (Å²) in [4.78, 5) is 69.9. The molecule has 0 saturated carbocycles. The number of ether oxygens (including phenoxy) is 4. The molecular weight excluding hydrogens is 508 g/mol. The standard InChI is InChI=1S/C28H28N2O9/c1-5-38-25(34)28(26(35)39-6-2)21(23(32)37-4)20(22(31)36-3)27(29-28)18-14-10-11-15-19(18)30(24(27)33)16-17-12-8-7-9-13-17/h7-15,29H,5-6,16H2,1-4H3/t27-/m0/s1. The summed E-state index contributed by atoms with van der Waals surface area (Å²) >= 11 is 0. The van der Waals surface area contributed by atoms with Crippen LogP contribution in [0.5, 0.6) is 0 Å². The molecule has 11 heteroatoms. The smallest absolute Gasteiger partial charge is 0.343 e. The highest BCUT2D eigenvalue weighted by molar-refractivity contribution is 6.26. The zero-order valence-corrected chi connectivity index (χ0v) is 21.9. The molecule has 1 N–H and O–H groups in total. The van der Waals surface area contributed by atoms with E-state index >= 15 is 0 Å². The molecule has 0 unspecified atom stereocenters. The molecule has 2 aliphatic heterocycles. The topological polar surface area (TPSA) is 138 Å². The van der Waals surface area contributed by atoms with E-state index in [0.717, 1.165) is 19.8 Å². The number of benzene rings is 2. The van der Waals surface area contributed by atoms with Crippen molar-refractivity contribution in [2.75, 3.05) is 32.3 Å². The van der Waals surface area contributed by atoms with Gasteiger partial charge in [0, 0.05) is 5.56 Å². The van der Waals surface area contributed by atoms with Crippen molar-refractivity contribution in [1.29, 1.82) is 0 Å². The zero-order chi connectivity index (χ0) is 28.4. The molecule has 1 amide bonds. The maximum Gasteiger partial charge on any atom is 0.343 e. The van der Waals surface area contributed by atoms with Crippen LogP contribution in [-0.2, 0) is 55.0 Å². The van der Waals surface area contributed by atoms with Gasteiger partial charge in [-0.1, -0.05) is 48.5 Å². The Balaban J connectivity index is 2.08. The molecule has 0 saturated heterocycles. The van der Waals surface area contributed by atoms with Gasteiger partial charge in [-0.05, 0) is 25.5 Å². The van der Waals surface area contributed by atoms with E-state index in [1.165, 1.54) is 18.7 Å². The number of hydrogen-bond acceptors (Lipinski definition) is 10. The first-order valence-corrected chi connectivity index (χ1v) is 12.3. The van der Waals surface area contributed by atoms with E-state index in [2.05, 4.69) is 5.32 Å². The fourth-order valence-corrected chi connectivity index (χ4v) is 5.10. The summed E-state index contributed by atoms with van der Waals surface area (Å²) in [6, 6.07) is 15.7. The molecule has 0 bridgehead atoms. The molecule has 2 aromatic rings. The quantitative estimate of drug-likeness (QED) is 0.300. The lowest BCUT2D eigenvalue weighted by molar-refractivity contribution is -0.166. The van der Waals surface area contributed by atoms with Gasteiger partial charge in [-0.25, -0.2) is 19.2 Å². The minimum atomic E-state index is -2.71. The van der Waals surface area contributed by atoms with E-state index in [-0.39, 0.29) is 25.3 Å². The number of methoxy groups -OCH3 is 2. The van der Waals surface area contributed by atoms with Crippen LogP contribution in [0, 0.1) is 0 Å². The van der Waals surface area contributed by atoms with Crippen molar-refractivity contribution in [2.24, 2.45) is 0 Å². The third kappa shape index (κ3) is 4.06. The maximum atomic E-state index is 14.5. The average Bonchev–Trinajstić information content (AvgIpc) is 3.40. The number of rotatable bonds is 8. The molecule has 2 heterocycles. The SMILES string of the molecule is CCOC(=O)C1(C(=O)OCC)N[C@]2(C(=O)N(Cc3ccccc3)c3ccccc32)C(C(=O)OC)=C1C(=O)OC. The summed E-state index contributed by atoms with van der Waals surface area (Å²) < 4.78 is 20.4. The first-order chi connectivity index (χ1) is 18.7. The molecule has 1 atom stereocenters. The Labute approximate surface area is 224 Å². The molecule has 39 heavy (non-hydrogen) atoms. The summed E-state index contributed by atoms with van der Waals surface area (Å²) in [5.41, 5.74) is -4.81. The molecule has 4 rings (SSSR count). The summed E-state index contributed by atoms with van der Waals surface area (Å²) in [7, 11) is 2.07. The van der Waals surface area contributed by atoms with Crippen LogP contribution in [0.4, 0.5) is 5.69 Å². The van der Waals surface area contributed by atoms with Crippen LogP contribution in [0.3, 0.4) is 0 Å². The largest absolute Gasteiger partial charge is 0.466 e. The number of nitrogens with one attached hydrogen (secondary N) is 1.